The highest BCUT2D eigenvalue weighted by Gasteiger charge is 2.38. The van der Waals surface area contributed by atoms with Crippen molar-refractivity contribution in [2.75, 3.05) is 23.3 Å². The van der Waals surface area contributed by atoms with E-state index in [-0.39, 0.29) is 22.3 Å². The molecule has 1 fully saturated rings. The van der Waals surface area contributed by atoms with Crippen molar-refractivity contribution in [1.29, 1.82) is 0 Å². The van der Waals surface area contributed by atoms with Crippen LogP contribution in [0, 0.1) is 0 Å². The second kappa shape index (κ2) is 9.63. The van der Waals surface area contributed by atoms with Crippen LogP contribution in [0.1, 0.15) is 34.4 Å². The lowest BCUT2D eigenvalue weighted by Crippen LogP contribution is -2.37. The van der Waals surface area contributed by atoms with Gasteiger partial charge in [0.1, 0.15) is 17.2 Å². The first-order valence-corrected chi connectivity index (χ1v) is 11.4. The van der Waals surface area contributed by atoms with Gasteiger partial charge in [-0.25, -0.2) is 9.97 Å². The average molecular weight is 535 g/mol. The molecule has 4 aromatic rings. The number of pyridine rings is 2. The summed E-state index contributed by atoms with van der Waals surface area (Å²) in [4.78, 5) is 23.2. The van der Waals surface area contributed by atoms with Crippen LogP contribution in [0.3, 0.4) is 0 Å². The maximum Gasteiger partial charge on any atom is 0.524 e. The summed E-state index contributed by atoms with van der Waals surface area (Å²) in [7, 11) is 0. The summed E-state index contributed by atoms with van der Waals surface area (Å²) in [5, 5.41) is 2.55. The Morgan fingerprint density at radius 3 is 2.29 bits per heavy atom. The molecule has 1 N–H and O–H groups in total. The molecule has 1 aromatic carbocycles. The minimum atomic E-state index is -5.14. The fourth-order valence-corrected chi connectivity index (χ4v) is 4.09. The summed E-state index contributed by atoms with van der Waals surface area (Å²) >= 11 is 0. The molecule has 38 heavy (non-hydrogen) atoms. The quantitative estimate of drug-likeness (QED) is 0.307. The Morgan fingerprint density at radius 2 is 1.71 bits per heavy atom. The summed E-state index contributed by atoms with van der Waals surface area (Å²) < 4.78 is 85.7. The summed E-state index contributed by atoms with van der Waals surface area (Å²) in [5.41, 5.74) is -1.88. The Hall–Kier alpha value is -4.13. The lowest BCUT2D eigenvalue weighted by molar-refractivity contribution is -0.348. The normalized spacial score (nSPS) is 14.8. The van der Waals surface area contributed by atoms with Gasteiger partial charge in [0.25, 0.3) is 5.91 Å². The SMILES string of the molecule is O=C(Nc1ccc(N2CCC2)nc1)c1cc2nc(C(F)(F)F)ccc2n1C(OC(F)(F)F)c1ccccc1. The molecular weight excluding hydrogens is 516 g/mol. The minimum absolute atomic E-state index is 0.0110. The van der Waals surface area contributed by atoms with E-state index < -0.39 is 36.1 Å². The van der Waals surface area contributed by atoms with E-state index >= 15 is 0 Å². The van der Waals surface area contributed by atoms with Crippen LogP contribution in [0.4, 0.5) is 37.8 Å². The van der Waals surface area contributed by atoms with E-state index in [1.54, 1.807) is 18.2 Å². The number of aromatic nitrogens is 3. The van der Waals surface area contributed by atoms with Gasteiger partial charge in [0, 0.05) is 18.7 Å². The number of benzene rings is 1. The number of rotatable bonds is 6. The number of alkyl halides is 6. The van der Waals surface area contributed by atoms with Crippen LogP contribution in [0.25, 0.3) is 11.0 Å². The molecule has 7 nitrogen and oxygen atoms in total. The second-order valence-electron chi connectivity index (χ2n) is 8.52. The van der Waals surface area contributed by atoms with Crippen molar-refractivity contribution in [3.8, 4) is 0 Å². The van der Waals surface area contributed by atoms with Gasteiger partial charge in [0.15, 0.2) is 6.23 Å². The Morgan fingerprint density at radius 1 is 0.974 bits per heavy atom. The number of carbonyl (C=O) groups excluding carboxylic acids is 1. The van der Waals surface area contributed by atoms with Crippen LogP contribution in [-0.4, -0.2) is 39.9 Å². The molecule has 1 unspecified atom stereocenters. The molecule has 0 aliphatic carbocycles. The van der Waals surface area contributed by atoms with E-state index in [1.165, 1.54) is 30.5 Å². The lowest BCUT2D eigenvalue weighted by Gasteiger charge is -2.31. The largest absolute Gasteiger partial charge is 0.524 e. The molecule has 1 amide bonds. The highest BCUT2D eigenvalue weighted by molar-refractivity contribution is 6.06. The maximum absolute atomic E-state index is 13.5. The standard InChI is InChI=1S/C25H19F6N5O2/c26-24(27,28)20-9-8-18-17(34-20)13-19(22(37)33-16-7-10-21(32-14-16)35-11-4-12-35)36(18)23(38-25(29,30)31)15-5-2-1-3-6-15/h1-3,5-10,13-14,23H,4,11-12H2,(H,33,37). The van der Waals surface area contributed by atoms with Crippen LogP contribution in [0.2, 0.25) is 0 Å². The molecule has 198 valence electrons. The molecule has 1 atom stereocenters. The summed E-state index contributed by atoms with van der Waals surface area (Å²) in [6.07, 6.45) is -9.44. The zero-order chi connectivity index (χ0) is 27.1. The topological polar surface area (TPSA) is 72.3 Å². The van der Waals surface area contributed by atoms with Gasteiger partial charge in [-0.05, 0) is 36.8 Å². The third-order valence-electron chi connectivity index (χ3n) is 5.97. The van der Waals surface area contributed by atoms with Crippen molar-refractivity contribution in [1.82, 2.24) is 14.5 Å². The number of fused-ring (bicyclic) bond motifs is 1. The highest BCUT2D eigenvalue weighted by Crippen LogP contribution is 2.36. The minimum Gasteiger partial charge on any atom is -0.356 e. The van der Waals surface area contributed by atoms with Gasteiger partial charge in [-0.1, -0.05) is 30.3 Å². The first-order chi connectivity index (χ1) is 18.0. The van der Waals surface area contributed by atoms with E-state index in [9.17, 15) is 31.1 Å². The molecule has 4 heterocycles. The fraction of sp³-hybridized carbons (Fsp3) is 0.240. The zero-order valence-electron chi connectivity index (χ0n) is 19.4. The number of nitrogens with one attached hydrogen (secondary N) is 1. The molecule has 5 rings (SSSR count). The second-order valence-corrected chi connectivity index (χ2v) is 8.52. The number of nitrogens with zero attached hydrogens (tertiary/aromatic N) is 4. The summed E-state index contributed by atoms with van der Waals surface area (Å²) in [6.45, 7) is 1.71. The number of hydrogen-bond acceptors (Lipinski definition) is 5. The van der Waals surface area contributed by atoms with Crippen LogP contribution >= 0.6 is 0 Å². The first kappa shape index (κ1) is 25.5. The Balaban J connectivity index is 1.60. The van der Waals surface area contributed by atoms with Gasteiger partial charge >= 0.3 is 12.5 Å². The van der Waals surface area contributed by atoms with Gasteiger partial charge in [0.2, 0.25) is 0 Å². The average Bonchev–Trinajstić information content (AvgIpc) is 3.21. The number of ether oxygens (including phenoxy) is 1. The molecular formula is C25H19F6N5O2. The summed E-state index contributed by atoms with van der Waals surface area (Å²) in [6, 6.07) is 13.1. The van der Waals surface area contributed by atoms with E-state index in [2.05, 4.69) is 20.0 Å². The molecule has 1 saturated heterocycles. The maximum atomic E-state index is 13.5. The van der Waals surface area contributed by atoms with Crippen molar-refractivity contribution < 1.29 is 35.9 Å². The molecule has 3 aromatic heterocycles. The number of amides is 1. The lowest BCUT2D eigenvalue weighted by atomic mass is 10.2. The predicted octanol–water partition coefficient (Wildman–Crippen LogP) is 6.00. The highest BCUT2D eigenvalue weighted by atomic mass is 19.4. The Labute approximate surface area is 211 Å². The van der Waals surface area contributed by atoms with Gasteiger partial charge in [-0.15, -0.1) is 13.2 Å². The molecule has 1 aliphatic heterocycles. The van der Waals surface area contributed by atoms with Crippen molar-refractivity contribution in [2.45, 2.75) is 25.2 Å². The van der Waals surface area contributed by atoms with Gasteiger partial charge in [0.05, 0.1) is 22.9 Å². The van der Waals surface area contributed by atoms with Crippen LogP contribution in [-0.2, 0) is 10.9 Å². The van der Waals surface area contributed by atoms with E-state index in [1.807, 2.05) is 4.90 Å². The fourth-order valence-electron chi connectivity index (χ4n) is 4.09. The monoisotopic (exact) mass is 535 g/mol. The molecule has 1 aliphatic rings. The third kappa shape index (κ3) is 5.28. The van der Waals surface area contributed by atoms with Gasteiger partial charge in [-0.3, -0.25) is 9.53 Å². The van der Waals surface area contributed by atoms with E-state index in [0.717, 1.165) is 36.2 Å². The molecule has 0 bridgehead atoms. The molecule has 0 spiro atoms. The van der Waals surface area contributed by atoms with Crippen molar-refractivity contribution in [2.24, 2.45) is 0 Å². The van der Waals surface area contributed by atoms with Crippen LogP contribution in [0.15, 0.2) is 66.9 Å². The first-order valence-electron chi connectivity index (χ1n) is 11.4. The van der Waals surface area contributed by atoms with Crippen molar-refractivity contribution >= 4 is 28.4 Å². The Kier molecular flexibility index (Phi) is 6.47. The number of halogens is 6. The third-order valence-corrected chi connectivity index (χ3v) is 5.97. The van der Waals surface area contributed by atoms with Crippen LogP contribution in [0.5, 0.6) is 0 Å². The number of carbonyl (C=O) groups is 1. The Bertz CT molecular complexity index is 1450. The van der Waals surface area contributed by atoms with Crippen molar-refractivity contribution in [3.63, 3.8) is 0 Å². The predicted molar refractivity (Wildman–Crippen MR) is 125 cm³/mol. The molecule has 13 heteroatoms. The van der Waals surface area contributed by atoms with E-state index in [4.69, 9.17) is 0 Å². The van der Waals surface area contributed by atoms with Crippen LogP contribution < -0.4 is 10.2 Å². The number of anilines is 2. The van der Waals surface area contributed by atoms with Crippen molar-refractivity contribution in [3.05, 3.63) is 83.8 Å². The van der Waals surface area contributed by atoms with Gasteiger partial charge in [-0.2, -0.15) is 13.2 Å². The zero-order valence-corrected chi connectivity index (χ0v) is 19.4. The van der Waals surface area contributed by atoms with Gasteiger partial charge < -0.3 is 14.8 Å². The summed E-state index contributed by atoms with van der Waals surface area (Å²) in [5.74, 6) is -0.184. The smallest absolute Gasteiger partial charge is 0.356 e. The van der Waals surface area contributed by atoms with E-state index in [0.29, 0.717) is 11.9 Å². The molecule has 0 radical (unpaired) electrons. The molecule has 0 saturated carbocycles. The number of hydrogen-bond donors (Lipinski definition) is 1.